The maximum atomic E-state index is 3.89. The topological polar surface area (TPSA) is 12.0 Å². The SMILES string of the molecule is CCSCC(C)NC(c1cccs1)C1CCCC1. The van der Waals surface area contributed by atoms with E-state index in [9.17, 15) is 0 Å². The van der Waals surface area contributed by atoms with Crippen molar-refractivity contribution in [2.75, 3.05) is 11.5 Å². The van der Waals surface area contributed by atoms with Crippen LogP contribution in [0.25, 0.3) is 0 Å². The minimum absolute atomic E-state index is 0.597. The van der Waals surface area contributed by atoms with E-state index in [0.29, 0.717) is 12.1 Å². The minimum atomic E-state index is 0.597. The zero-order chi connectivity index (χ0) is 12.8. The monoisotopic (exact) mass is 283 g/mol. The van der Waals surface area contributed by atoms with Crippen molar-refractivity contribution in [1.29, 1.82) is 0 Å². The number of thiophene rings is 1. The van der Waals surface area contributed by atoms with Gasteiger partial charge in [-0.25, -0.2) is 0 Å². The van der Waals surface area contributed by atoms with Gasteiger partial charge in [0.15, 0.2) is 0 Å². The van der Waals surface area contributed by atoms with E-state index >= 15 is 0 Å². The Morgan fingerprint density at radius 3 is 2.83 bits per heavy atom. The van der Waals surface area contributed by atoms with Gasteiger partial charge in [-0.2, -0.15) is 11.8 Å². The highest BCUT2D eigenvalue weighted by Crippen LogP contribution is 2.37. The second-order valence-electron chi connectivity index (χ2n) is 5.26. The van der Waals surface area contributed by atoms with Gasteiger partial charge in [0.2, 0.25) is 0 Å². The van der Waals surface area contributed by atoms with Crippen LogP contribution in [-0.2, 0) is 0 Å². The van der Waals surface area contributed by atoms with Gasteiger partial charge >= 0.3 is 0 Å². The van der Waals surface area contributed by atoms with Gasteiger partial charge in [-0.15, -0.1) is 11.3 Å². The Hall–Kier alpha value is 0.01000. The van der Waals surface area contributed by atoms with Gasteiger partial charge in [-0.1, -0.05) is 25.8 Å². The molecule has 0 aromatic carbocycles. The molecule has 0 aliphatic heterocycles. The molecular weight excluding hydrogens is 258 g/mol. The Morgan fingerprint density at radius 1 is 1.44 bits per heavy atom. The molecule has 102 valence electrons. The second kappa shape index (κ2) is 7.56. The fraction of sp³-hybridized carbons (Fsp3) is 0.733. The van der Waals surface area contributed by atoms with Gasteiger partial charge < -0.3 is 5.32 Å². The normalized spacial score (nSPS) is 20.1. The van der Waals surface area contributed by atoms with E-state index in [1.165, 1.54) is 42.1 Å². The van der Waals surface area contributed by atoms with Crippen LogP contribution in [0.2, 0.25) is 0 Å². The molecule has 1 fully saturated rings. The fourth-order valence-corrected chi connectivity index (χ4v) is 4.42. The van der Waals surface area contributed by atoms with Gasteiger partial charge in [0.25, 0.3) is 0 Å². The number of hydrogen-bond donors (Lipinski definition) is 1. The minimum Gasteiger partial charge on any atom is -0.306 e. The van der Waals surface area contributed by atoms with Gasteiger partial charge in [-0.3, -0.25) is 0 Å². The molecule has 0 saturated heterocycles. The van der Waals surface area contributed by atoms with Gasteiger partial charge in [0.1, 0.15) is 0 Å². The largest absolute Gasteiger partial charge is 0.306 e. The lowest BCUT2D eigenvalue weighted by Crippen LogP contribution is -2.35. The van der Waals surface area contributed by atoms with Gasteiger partial charge in [-0.05, 0) is 42.9 Å². The van der Waals surface area contributed by atoms with Crippen molar-refractivity contribution >= 4 is 23.1 Å². The van der Waals surface area contributed by atoms with Gasteiger partial charge in [0.05, 0.1) is 0 Å². The molecule has 0 amide bonds. The molecule has 2 atom stereocenters. The summed E-state index contributed by atoms with van der Waals surface area (Å²) in [5.74, 6) is 3.31. The van der Waals surface area contributed by atoms with Crippen LogP contribution < -0.4 is 5.32 Å². The lowest BCUT2D eigenvalue weighted by molar-refractivity contribution is 0.350. The molecule has 1 aliphatic rings. The Morgan fingerprint density at radius 2 is 2.22 bits per heavy atom. The number of rotatable bonds is 7. The average molecular weight is 284 g/mol. The molecule has 1 saturated carbocycles. The highest BCUT2D eigenvalue weighted by Gasteiger charge is 2.27. The van der Waals surface area contributed by atoms with Crippen molar-refractivity contribution in [2.45, 2.75) is 51.6 Å². The molecule has 1 N–H and O–H groups in total. The third kappa shape index (κ3) is 4.01. The molecule has 1 heterocycles. The standard InChI is InChI=1S/C15H25NS2/c1-3-17-11-12(2)16-15(13-7-4-5-8-13)14-9-6-10-18-14/h6,9-10,12-13,15-16H,3-5,7-8,11H2,1-2H3. The highest BCUT2D eigenvalue weighted by molar-refractivity contribution is 7.99. The van der Waals surface area contributed by atoms with E-state index in [1.807, 2.05) is 23.1 Å². The molecule has 2 rings (SSSR count). The molecule has 0 spiro atoms. The quantitative estimate of drug-likeness (QED) is 0.777. The Kier molecular flexibility index (Phi) is 6.06. The molecule has 0 radical (unpaired) electrons. The van der Waals surface area contributed by atoms with E-state index in [4.69, 9.17) is 0 Å². The summed E-state index contributed by atoms with van der Waals surface area (Å²) >= 11 is 3.95. The van der Waals surface area contributed by atoms with Crippen LogP contribution in [0, 0.1) is 5.92 Å². The molecule has 1 aliphatic carbocycles. The molecular formula is C15H25NS2. The first-order valence-corrected chi connectivity index (χ1v) is 9.22. The first-order chi connectivity index (χ1) is 8.81. The lowest BCUT2D eigenvalue weighted by Gasteiger charge is -2.27. The van der Waals surface area contributed by atoms with Crippen LogP contribution in [0.15, 0.2) is 17.5 Å². The molecule has 18 heavy (non-hydrogen) atoms. The second-order valence-corrected chi connectivity index (χ2v) is 7.56. The summed E-state index contributed by atoms with van der Waals surface area (Å²) in [6, 6.07) is 5.71. The van der Waals surface area contributed by atoms with E-state index in [1.54, 1.807) is 0 Å². The van der Waals surface area contributed by atoms with Crippen molar-refractivity contribution in [1.82, 2.24) is 5.32 Å². The van der Waals surface area contributed by atoms with E-state index in [2.05, 4.69) is 36.7 Å². The third-order valence-corrected chi connectivity index (χ3v) is 5.86. The van der Waals surface area contributed by atoms with Crippen LogP contribution in [0.3, 0.4) is 0 Å². The third-order valence-electron chi connectivity index (χ3n) is 3.76. The highest BCUT2D eigenvalue weighted by atomic mass is 32.2. The molecule has 1 nitrogen and oxygen atoms in total. The number of nitrogens with one attached hydrogen (secondary N) is 1. The van der Waals surface area contributed by atoms with Crippen molar-refractivity contribution in [2.24, 2.45) is 5.92 Å². The lowest BCUT2D eigenvalue weighted by atomic mass is 9.96. The summed E-state index contributed by atoms with van der Waals surface area (Å²) in [5, 5.41) is 6.10. The predicted octanol–water partition coefficient (Wildman–Crippen LogP) is 4.71. The maximum Gasteiger partial charge on any atom is 0.0445 e. The molecule has 0 bridgehead atoms. The van der Waals surface area contributed by atoms with Crippen LogP contribution in [0.1, 0.15) is 50.4 Å². The number of hydrogen-bond acceptors (Lipinski definition) is 3. The molecule has 1 aromatic heterocycles. The summed E-state index contributed by atoms with van der Waals surface area (Å²) in [6.07, 6.45) is 5.66. The van der Waals surface area contributed by atoms with Crippen molar-refractivity contribution < 1.29 is 0 Å². The van der Waals surface area contributed by atoms with E-state index < -0.39 is 0 Å². The first-order valence-electron chi connectivity index (χ1n) is 7.18. The van der Waals surface area contributed by atoms with Crippen LogP contribution >= 0.6 is 23.1 Å². The summed E-state index contributed by atoms with van der Waals surface area (Å²) in [7, 11) is 0. The predicted molar refractivity (Wildman–Crippen MR) is 84.6 cm³/mol. The first kappa shape index (κ1) is 14.4. The fourth-order valence-electron chi connectivity index (χ4n) is 2.86. The van der Waals surface area contributed by atoms with Crippen LogP contribution in [-0.4, -0.2) is 17.5 Å². The smallest absolute Gasteiger partial charge is 0.0445 e. The van der Waals surface area contributed by atoms with Crippen molar-refractivity contribution in [3.05, 3.63) is 22.4 Å². The van der Waals surface area contributed by atoms with Crippen LogP contribution in [0.4, 0.5) is 0 Å². The van der Waals surface area contributed by atoms with Crippen LogP contribution in [0.5, 0.6) is 0 Å². The van der Waals surface area contributed by atoms with E-state index in [0.717, 1.165) is 5.92 Å². The van der Waals surface area contributed by atoms with Crippen molar-refractivity contribution in [3.63, 3.8) is 0 Å². The summed E-state index contributed by atoms with van der Waals surface area (Å²) < 4.78 is 0. The van der Waals surface area contributed by atoms with Crippen molar-refractivity contribution in [3.8, 4) is 0 Å². The number of thioether (sulfide) groups is 1. The Balaban J connectivity index is 1.96. The zero-order valence-corrected chi connectivity index (χ0v) is 13.2. The maximum absolute atomic E-state index is 3.89. The summed E-state index contributed by atoms with van der Waals surface area (Å²) in [6.45, 7) is 4.57. The summed E-state index contributed by atoms with van der Waals surface area (Å²) in [5.41, 5.74) is 0. The van der Waals surface area contributed by atoms with Gasteiger partial charge in [0, 0.05) is 22.7 Å². The Bertz CT molecular complexity index is 317. The Labute approximate surface area is 120 Å². The van der Waals surface area contributed by atoms with E-state index in [-0.39, 0.29) is 0 Å². The average Bonchev–Trinajstić information content (AvgIpc) is 3.05. The molecule has 3 heteroatoms. The summed E-state index contributed by atoms with van der Waals surface area (Å²) in [4.78, 5) is 1.54. The molecule has 2 unspecified atom stereocenters. The molecule has 1 aromatic rings. The zero-order valence-electron chi connectivity index (χ0n) is 11.5.